The summed E-state index contributed by atoms with van der Waals surface area (Å²) in [6.07, 6.45) is 3.18. The van der Waals surface area contributed by atoms with Crippen molar-refractivity contribution in [2.75, 3.05) is 0 Å². The number of amides is 1. The Bertz CT molecular complexity index is 758. The minimum Gasteiger partial charge on any atom is -0.366 e. The van der Waals surface area contributed by atoms with Crippen molar-refractivity contribution in [3.05, 3.63) is 59.4 Å². The van der Waals surface area contributed by atoms with E-state index in [1.807, 2.05) is 0 Å². The van der Waals surface area contributed by atoms with Crippen molar-refractivity contribution >= 4 is 15.9 Å². The Morgan fingerprint density at radius 3 is 2.71 bits per heavy atom. The molecule has 1 aromatic carbocycles. The summed E-state index contributed by atoms with van der Waals surface area (Å²) < 4.78 is 26.9. The van der Waals surface area contributed by atoms with Crippen molar-refractivity contribution in [2.24, 2.45) is 5.73 Å². The lowest BCUT2D eigenvalue weighted by Crippen LogP contribution is -2.24. The van der Waals surface area contributed by atoms with Crippen LogP contribution in [0.5, 0.6) is 0 Å². The molecule has 0 aliphatic rings. The number of primary amides is 1. The van der Waals surface area contributed by atoms with Gasteiger partial charge < -0.3 is 5.73 Å². The number of rotatable bonds is 5. The second kappa shape index (κ2) is 6.02. The molecule has 7 heteroatoms. The van der Waals surface area contributed by atoms with Crippen LogP contribution >= 0.6 is 0 Å². The average Bonchev–Trinajstić information content (AvgIpc) is 2.46. The molecule has 0 unspecified atom stereocenters. The maximum atomic E-state index is 12.2. The van der Waals surface area contributed by atoms with Gasteiger partial charge in [-0.05, 0) is 36.2 Å². The number of carbonyl (C=O) groups excluding carboxylic acids is 1. The molecule has 1 amide bonds. The van der Waals surface area contributed by atoms with E-state index < -0.39 is 15.9 Å². The molecule has 0 bridgehead atoms. The zero-order valence-corrected chi connectivity index (χ0v) is 12.2. The summed E-state index contributed by atoms with van der Waals surface area (Å²) in [5, 5.41) is 0. The van der Waals surface area contributed by atoms with Gasteiger partial charge in [-0.2, -0.15) is 0 Å². The predicted molar refractivity (Wildman–Crippen MR) is 78.0 cm³/mol. The van der Waals surface area contributed by atoms with Gasteiger partial charge in [-0.3, -0.25) is 9.78 Å². The molecule has 0 spiro atoms. The number of aryl methyl sites for hydroxylation is 1. The summed E-state index contributed by atoms with van der Waals surface area (Å²) in [6.45, 7) is 1.81. The maximum absolute atomic E-state index is 12.2. The lowest BCUT2D eigenvalue weighted by Gasteiger charge is -2.09. The molecule has 0 saturated heterocycles. The van der Waals surface area contributed by atoms with Crippen LogP contribution in [0.4, 0.5) is 0 Å². The quantitative estimate of drug-likeness (QED) is 0.859. The van der Waals surface area contributed by atoms with Crippen LogP contribution in [-0.2, 0) is 16.6 Å². The molecule has 0 atom stereocenters. The van der Waals surface area contributed by atoms with Crippen LogP contribution in [0, 0.1) is 6.92 Å². The third kappa shape index (κ3) is 3.65. The van der Waals surface area contributed by atoms with Gasteiger partial charge >= 0.3 is 0 Å². The first-order valence-corrected chi connectivity index (χ1v) is 7.67. The van der Waals surface area contributed by atoms with Gasteiger partial charge in [0.1, 0.15) is 0 Å². The molecule has 0 aliphatic heterocycles. The monoisotopic (exact) mass is 305 g/mol. The standard InChI is InChI=1S/C14H15N3O3S/c1-10-4-5-12(7-13(10)14(15)18)21(19,20)17-9-11-3-2-6-16-8-11/h2-8,17H,9H2,1H3,(H2,15,18). The molecular weight excluding hydrogens is 290 g/mol. The van der Waals surface area contributed by atoms with Gasteiger partial charge in [0, 0.05) is 24.5 Å². The molecular formula is C14H15N3O3S. The summed E-state index contributed by atoms with van der Waals surface area (Å²) in [5.41, 5.74) is 6.80. The Balaban J connectivity index is 2.24. The number of pyridine rings is 1. The fourth-order valence-electron chi connectivity index (χ4n) is 1.80. The third-order valence-electron chi connectivity index (χ3n) is 2.97. The minimum absolute atomic E-state index is 0.00536. The Morgan fingerprint density at radius 2 is 2.10 bits per heavy atom. The lowest BCUT2D eigenvalue weighted by molar-refractivity contribution is 0.0999. The summed E-state index contributed by atoms with van der Waals surface area (Å²) in [7, 11) is -3.72. The Morgan fingerprint density at radius 1 is 1.33 bits per heavy atom. The molecule has 21 heavy (non-hydrogen) atoms. The van der Waals surface area contributed by atoms with E-state index in [-0.39, 0.29) is 17.0 Å². The van der Waals surface area contributed by atoms with Gasteiger partial charge in [0.05, 0.1) is 4.90 Å². The molecule has 1 aromatic heterocycles. The highest BCUT2D eigenvalue weighted by Crippen LogP contribution is 2.15. The zero-order valence-electron chi connectivity index (χ0n) is 11.4. The highest BCUT2D eigenvalue weighted by molar-refractivity contribution is 7.89. The SMILES string of the molecule is Cc1ccc(S(=O)(=O)NCc2cccnc2)cc1C(N)=O. The number of nitrogens with one attached hydrogen (secondary N) is 1. The molecule has 0 saturated carbocycles. The van der Waals surface area contributed by atoms with Gasteiger partial charge in [-0.15, -0.1) is 0 Å². The smallest absolute Gasteiger partial charge is 0.249 e. The summed E-state index contributed by atoms with van der Waals surface area (Å²) >= 11 is 0. The van der Waals surface area contributed by atoms with E-state index in [1.54, 1.807) is 37.5 Å². The second-order valence-electron chi connectivity index (χ2n) is 4.53. The summed E-state index contributed by atoms with van der Waals surface area (Å²) in [5.74, 6) is -0.656. The highest BCUT2D eigenvalue weighted by atomic mass is 32.2. The number of benzene rings is 1. The van der Waals surface area contributed by atoms with E-state index >= 15 is 0 Å². The molecule has 3 N–H and O–H groups in total. The zero-order chi connectivity index (χ0) is 15.5. The first-order chi connectivity index (χ1) is 9.90. The van der Waals surface area contributed by atoms with Crippen molar-refractivity contribution in [1.82, 2.24) is 9.71 Å². The Labute approximate surface area is 123 Å². The number of nitrogens with two attached hydrogens (primary N) is 1. The number of nitrogens with zero attached hydrogens (tertiary/aromatic N) is 1. The first kappa shape index (κ1) is 15.1. The molecule has 1 heterocycles. The molecule has 2 aromatic rings. The topological polar surface area (TPSA) is 102 Å². The molecule has 6 nitrogen and oxygen atoms in total. The maximum Gasteiger partial charge on any atom is 0.249 e. The second-order valence-corrected chi connectivity index (χ2v) is 6.29. The van der Waals surface area contributed by atoms with Crippen molar-refractivity contribution in [3.8, 4) is 0 Å². The van der Waals surface area contributed by atoms with Crippen LogP contribution in [0.15, 0.2) is 47.6 Å². The number of sulfonamides is 1. The normalized spacial score (nSPS) is 11.3. The Hall–Kier alpha value is -2.25. The van der Waals surface area contributed by atoms with E-state index in [9.17, 15) is 13.2 Å². The average molecular weight is 305 g/mol. The first-order valence-electron chi connectivity index (χ1n) is 6.19. The lowest BCUT2D eigenvalue weighted by atomic mass is 10.1. The molecule has 2 rings (SSSR count). The number of carbonyl (C=O) groups is 1. The van der Waals surface area contributed by atoms with Gasteiger partial charge in [0.15, 0.2) is 0 Å². The fourth-order valence-corrected chi connectivity index (χ4v) is 2.84. The van der Waals surface area contributed by atoms with Crippen LogP contribution < -0.4 is 10.5 Å². The third-order valence-corrected chi connectivity index (χ3v) is 4.37. The molecule has 0 aliphatic carbocycles. The molecule has 0 radical (unpaired) electrons. The predicted octanol–water partition coefficient (Wildman–Crippen LogP) is 0.967. The van der Waals surface area contributed by atoms with Gasteiger partial charge in [0.2, 0.25) is 15.9 Å². The fraction of sp³-hybridized carbons (Fsp3) is 0.143. The van der Waals surface area contributed by atoms with Crippen LogP contribution in [0.3, 0.4) is 0 Å². The summed E-state index contributed by atoms with van der Waals surface area (Å²) in [4.78, 5) is 15.2. The van der Waals surface area contributed by atoms with E-state index in [1.165, 1.54) is 12.1 Å². The van der Waals surface area contributed by atoms with E-state index in [0.29, 0.717) is 5.56 Å². The number of aromatic nitrogens is 1. The van der Waals surface area contributed by atoms with E-state index in [2.05, 4.69) is 9.71 Å². The number of hydrogen-bond donors (Lipinski definition) is 2. The molecule has 0 fully saturated rings. The van der Waals surface area contributed by atoms with Crippen molar-refractivity contribution in [2.45, 2.75) is 18.4 Å². The van der Waals surface area contributed by atoms with Crippen LogP contribution in [0.1, 0.15) is 21.5 Å². The number of hydrogen-bond acceptors (Lipinski definition) is 4. The van der Waals surface area contributed by atoms with Crippen LogP contribution in [0.2, 0.25) is 0 Å². The van der Waals surface area contributed by atoms with E-state index in [0.717, 1.165) is 5.56 Å². The molecule has 110 valence electrons. The van der Waals surface area contributed by atoms with Crippen molar-refractivity contribution in [1.29, 1.82) is 0 Å². The van der Waals surface area contributed by atoms with Crippen LogP contribution in [-0.4, -0.2) is 19.3 Å². The van der Waals surface area contributed by atoms with Gasteiger partial charge in [0.25, 0.3) is 0 Å². The minimum atomic E-state index is -3.72. The Kier molecular flexibility index (Phi) is 4.35. The van der Waals surface area contributed by atoms with Crippen molar-refractivity contribution < 1.29 is 13.2 Å². The highest BCUT2D eigenvalue weighted by Gasteiger charge is 2.16. The van der Waals surface area contributed by atoms with Gasteiger partial charge in [-0.25, -0.2) is 13.1 Å². The van der Waals surface area contributed by atoms with E-state index in [4.69, 9.17) is 5.73 Å². The largest absolute Gasteiger partial charge is 0.366 e. The van der Waals surface area contributed by atoms with Crippen LogP contribution in [0.25, 0.3) is 0 Å². The summed E-state index contributed by atoms with van der Waals surface area (Å²) in [6, 6.07) is 7.76. The van der Waals surface area contributed by atoms with Crippen molar-refractivity contribution in [3.63, 3.8) is 0 Å². The van der Waals surface area contributed by atoms with Gasteiger partial charge in [-0.1, -0.05) is 12.1 Å².